The maximum absolute atomic E-state index is 11.5. The van der Waals surface area contributed by atoms with Crippen LogP contribution < -0.4 is 10.1 Å². The van der Waals surface area contributed by atoms with E-state index in [1.165, 1.54) is 7.11 Å². The van der Waals surface area contributed by atoms with E-state index < -0.39 is 0 Å². The van der Waals surface area contributed by atoms with Crippen molar-refractivity contribution >= 4 is 11.7 Å². The van der Waals surface area contributed by atoms with Crippen LogP contribution >= 0.6 is 0 Å². The van der Waals surface area contributed by atoms with Crippen molar-refractivity contribution < 1.29 is 14.3 Å². The van der Waals surface area contributed by atoms with Crippen LogP contribution in [0.25, 0.3) is 0 Å². The number of nitrogens with one attached hydrogen (secondary N) is 1. The third-order valence-electron chi connectivity index (χ3n) is 3.21. The van der Waals surface area contributed by atoms with Crippen LogP contribution in [0.15, 0.2) is 24.4 Å². The van der Waals surface area contributed by atoms with E-state index in [4.69, 9.17) is 9.47 Å². The summed E-state index contributed by atoms with van der Waals surface area (Å²) in [5, 5.41) is 7.59. The van der Waals surface area contributed by atoms with Gasteiger partial charge in [-0.3, -0.25) is 4.68 Å². The number of aryl methyl sites for hydroxylation is 2. The SMILES string of the molecule is COC(=O)c1ccc(NCc2cn(C)nc2C)c(OC)c1. The molecule has 6 heteroatoms. The third kappa shape index (κ3) is 3.34. The van der Waals surface area contributed by atoms with Gasteiger partial charge in [-0.15, -0.1) is 0 Å². The van der Waals surface area contributed by atoms with Crippen LogP contribution in [0.1, 0.15) is 21.6 Å². The lowest BCUT2D eigenvalue weighted by Gasteiger charge is -2.12. The van der Waals surface area contributed by atoms with E-state index in [-0.39, 0.29) is 5.97 Å². The third-order valence-corrected chi connectivity index (χ3v) is 3.21. The zero-order valence-corrected chi connectivity index (χ0v) is 12.6. The molecule has 0 aliphatic rings. The minimum atomic E-state index is -0.386. The lowest BCUT2D eigenvalue weighted by atomic mass is 10.1. The minimum Gasteiger partial charge on any atom is -0.495 e. The first-order chi connectivity index (χ1) is 10.0. The Morgan fingerprint density at radius 1 is 1.38 bits per heavy atom. The summed E-state index contributed by atoms with van der Waals surface area (Å²) in [4.78, 5) is 11.5. The molecule has 1 aromatic heterocycles. The van der Waals surface area contributed by atoms with Gasteiger partial charge in [-0.05, 0) is 25.1 Å². The number of esters is 1. The molecule has 0 fully saturated rings. The van der Waals surface area contributed by atoms with Gasteiger partial charge in [0.1, 0.15) is 5.75 Å². The van der Waals surface area contributed by atoms with E-state index in [0.29, 0.717) is 17.9 Å². The van der Waals surface area contributed by atoms with Crippen molar-refractivity contribution in [3.05, 3.63) is 41.2 Å². The van der Waals surface area contributed by atoms with Gasteiger partial charge < -0.3 is 14.8 Å². The maximum Gasteiger partial charge on any atom is 0.337 e. The van der Waals surface area contributed by atoms with Gasteiger partial charge in [0.2, 0.25) is 0 Å². The molecule has 112 valence electrons. The summed E-state index contributed by atoms with van der Waals surface area (Å²) in [6.07, 6.45) is 1.97. The number of hydrogen-bond acceptors (Lipinski definition) is 5. The predicted octanol–water partition coefficient (Wildman–Crippen LogP) is 2.14. The standard InChI is InChI=1S/C15H19N3O3/c1-10-12(9-18(2)17-10)8-16-13-6-5-11(15(19)21-4)7-14(13)20-3/h5-7,9,16H,8H2,1-4H3. The zero-order valence-electron chi connectivity index (χ0n) is 12.6. The van der Waals surface area contributed by atoms with Crippen LogP contribution in [0.5, 0.6) is 5.75 Å². The highest BCUT2D eigenvalue weighted by Gasteiger charge is 2.11. The zero-order chi connectivity index (χ0) is 15.4. The first-order valence-corrected chi connectivity index (χ1v) is 6.54. The average Bonchev–Trinajstić information content (AvgIpc) is 2.82. The largest absolute Gasteiger partial charge is 0.495 e. The summed E-state index contributed by atoms with van der Waals surface area (Å²) < 4.78 is 11.8. The van der Waals surface area contributed by atoms with Gasteiger partial charge in [-0.25, -0.2) is 4.79 Å². The van der Waals surface area contributed by atoms with E-state index in [1.807, 2.05) is 20.2 Å². The summed E-state index contributed by atoms with van der Waals surface area (Å²) in [6, 6.07) is 5.16. The molecule has 0 saturated carbocycles. The molecule has 2 aromatic rings. The second-order valence-electron chi connectivity index (χ2n) is 4.67. The molecule has 2 rings (SSSR count). The second kappa shape index (κ2) is 6.30. The quantitative estimate of drug-likeness (QED) is 0.854. The Hall–Kier alpha value is -2.50. The topological polar surface area (TPSA) is 65.4 Å². The van der Waals surface area contributed by atoms with Crippen LogP contribution in [-0.2, 0) is 18.3 Å². The van der Waals surface area contributed by atoms with Gasteiger partial charge in [0.25, 0.3) is 0 Å². The summed E-state index contributed by atoms with van der Waals surface area (Å²) >= 11 is 0. The first kappa shape index (κ1) is 14.9. The maximum atomic E-state index is 11.5. The van der Waals surface area contributed by atoms with Crippen molar-refractivity contribution in [2.45, 2.75) is 13.5 Å². The first-order valence-electron chi connectivity index (χ1n) is 6.54. The number of carbonyl (C=O) groups excluding carboxylic acids is 1. The molecule has 0 atom stereocenters. The normalized spacial score (nSPS) is 10.3. The Kier molecular flexibility index (Phi) is 4.47. The summed E-state index contributed by atoms with van der Waals surface area (Å²) in [7, 11) is 4.81. The monoisotopic (exact) mass is 289 g/mol. The number of rotatable bonds is 5. The van der Waals surface area contributed by atoms with Crippen molar-refractivity contribution in [1.29, 1.82) is 0 Å². The Balaban J connectivity index is 2.16. The van der Waals surface area contributed by atoms with Crippen LogP contribution in [0.3, 0.4) is 0 Å². The Bertz CT molecular complexity index is 650. The molecular weight excluding hydrogens is 270 g/mol. The van der Waals surface area contributed by atoms with Gasteiger partial charge in [0.05, 0.1) is 31.2 Å². The fraction of sp³-hybridized carbons (Fsp3) is 0.333. The van der Waals surface area contributed by atoms with Gasteiger partial charge in [0.15, 0.2) is 0 Å². The predicted molar refractivity (Wildman–Crippen MR) is 79.6 cm³/mol. The number of aromatic nitrogens is 2. The van der Waals surface area contributed by atoms with Crippen LogP contribution in [0, 0.1) is 6.92 Å². The number of benzene rings is 1. The number of ether oxygens (including phenoxy) is 2. The van der Waals surface area contributed by atoms with Crippen LogP contribution in [0.4, 0.5) is 5.69 Å². The van der Waals surface area contributed by atoms with Gasteiger partial charge in [-0.2, -0.15) is 5.10 Å². The molecule has 0 amide bonds. The average molecular weight is 289 g/mol. The molecule has 0 radical (unpaired) electrons. The molecule has 0 saturated heterocycles. The fourth-order valence-electron chi connectivity index (χ4n) is 2.09. The van der Waals surface area contributed by atoms with Crippen molar-refractivity contribution in [3.8, 4) is 5.75 Å². The van der Waals surface area contributed by atoms with Gasteiger partial charge >= 0.3 is 5.97 Å². The highest BCUT2D eigenvalue weighted by atomic mass is 16.5. The molecular formula is C15H19N3O3. The number of hydrogen-bond donors (Lipinski definition) is 1. The van der Waals surface area contributed by atoms with Gasteiger partial charge in [0, 0.05) is 25.4 Å². The van der Waals surface area contributed by atoms with Crippen molar-refractivity contribution in [2.24, 2.45) is 7.05 Å². The second-order valence-corrected chi connectivity index (χ2v) is 4.67. The molecule has 0 unspecified atom stereocenters. The number of carbonyl (C=O) groups is 1. The van der Waals surface area contributed by atoms with E-state index in [0.717, 1.165) is 16.9 Å². The molecule has 0 aliphatic heterocycles. The molecule has 1 N–H and O–H groups in total. The number of anilines is 1. The Morgan fingerprint density at radius 3 is 2.71 bits per heavy atom. The van der Waals surface area contributed by atoms with E-state index in [2.05, 4.69) is 10.4 Å². The van der Waals surface area contributed by atoms with Crippen molar-refractivity contribution in [3.63, 3.8) is 0 Å². The van der Waals surface area contributed by atoms with Crippen molar-refractivity contribution in [2.75, 3.05) is 19.5 Å². The molecule has 0 spiro atoms. The molecule has 6 nitrogen and oxygen atoms in total. The lowest BCUT2D eigenvalue weighted by molar-refractivity contribution is 0.0600. The Morgan fingerprint density at radius 2 is 2.14 bits per heavy atom. The number of nitrogens with zero attached hydrogens (tertiary/aromatic N) is 2. The van der Waals surface area contributed by atoms with Crippen LogP contribution in [-0.4, -0.2) is 30.0 Å². The molecule has 21 heavy (non-hydrogen) atoms. The highest BCUT2D eigenvalue weighted by molar-refractivity contribution is 5.90. The summed E-state index contributed by atoms with van der Waals surface area (Å²) in [6.45, 7) is 2.60. The fourth-order valence-corrected chi connectivity index (χ4v) is 2.09. The molecule has 1 heterocycles. The summed E-state index contributed by atoms with van der Waals surface area (Å²) in [5.41, 5.74) is 3.36. The smallest absolute Gasteiger partial charge is 0.337 e. The minimum absolute atomic E-state index is 0.386. The molecule has 0 aliphatic carbocycles. The lowest BCUT2D eigenvalue weighted by Crippen LogP contribution is -2.05. The van der Waals surface area contributed by atoms with E-state index in [1.54, 1.807) is 30.0 Å². The molecule has 0 bridgehead atoms. The molecule has 1 aromatic carbocycles. The van der Waals surface area contributed by atoms with E-state index in [9.17, 15) is 4.79 Å². The Labute approximate surface area is 123 Å². The number of methoxy groups -OCH3 is 2. The van der Waals surface area contributed by atoms with Crippen LogP contribution in [0.2, 0.25) is 0 Å². The van der Waals surface area contributed by atoms with Gasteiger partial charge in [-0.1, -0.05) is 0 Å². The summed E-state index contributed by atoms with van der Waals surface area (Å²) in [5.74, 6) is 0.211. The van der Waals surface area contributed by atoms with Crippen molar-refractivity contribution in [1.82, 2.24) is 9.78 Å². The van der Waals surface area contributed by atoms with E-state index >= 15 is 0 Å². The highest BCUT2D eigenvalue weighted by Crippen LogP contribution is 2.26.